The molecule has 0 atom stereocenters. The van der Waals surface area contributed by atoms with Crippen LogP contribution in [0.15, 0.2) is 139 Å². The van der Waals surface area contributed by atoms with E-state index in [1.165, 1.54) is 6.21 Å². The Balaban J connectivity index is 1.19. The molecule has 7 nitrogen and oxygen atoms in total. The molecule has 0 bridgehead atoms. The molecule has 1 aromatic heterocycles. The summed E-state index contributed by atoms with van der Waals surface area (Å²) in [7, 11) is 0. The van der Waals surface area contributed by atoms with Gasteiger partial charge in [0.25, 0.3) is 5.91 Å². The van der Waals surface area contributed by atoms with Crippen molar-refractivity contribution in [2.45, 2.75) is 0 Å². The van der Waals surface area contributed by atoms with Crippen LogP contribution in [0.4, 0.5) is 0 Å². The third-order valence-corrected chi connectivity index (χ3v) is 6.50. The number of nitrogens with one attached hydrogen (secondary N) is 1. The van der Waals surface area contributed by atoms with Gasteiger partial charge in [0.05, 0.1) is 34.2 Å². The average molecular weight is 549 g/mol. The van der Waals surface area contributed by atoms with Gasteiger partial charge in [0.2, 0.25) is 0 Å². The van der Waals surface area contributed by atoms with Crippen LogP contribution < -0.4 is 10.2 Å². The molecule has 0 spiro atoms. The number of carbonyl (C=O) groups is 2. The summed E-state index contributed by atoms with van der Waals surface area (Å²) in [4.78, 5) is 35.0. The van der Waals surface area contributed by atoms with E-state index in [2.05, 4.69) is 10.5 Å². The third kappa shape index (κ3) is 5.95. The van der Waals surface area contributed by atoms with Gasteiger partial charge < -0.3 is 4.74 Å². The first kappa shape index (κ1) is 26.3. The Labute approximate surface area is 242 Å². The summed E-state index contributed by atoms with van der Waals surface area (Å²) < 4.78 is 5.61. The molecule has 6 rings (SSSR count). The second-order valence-electron chi connectivity index (χ2n) is 9.38. The Morgan fingerprint density at radius 2 is 1.19 bits per heavy atom. The van der Waals surface area contributed by atoms with Gasteiger partial charge in [-0.05, 0) is 60.2 Å². The highest BCUT2D eigenvalue weighted by molar-refractivity contribution is 5.96. The van der Waals surface area contributed by atoms with Crippen LogP contribution in [0.2, 0.25) is 0 Å². The van der Waals surface area contributed by atoms with Crippen LogP contribution in [0.5, 0.6) is 5.75 Å². The van der Waals surface area contributed by atoms with Crippen LogP contribution in [-0.4, -0.2) is 28.1 Å². The standard InChI is InChI=1S/C35H24N4O3/c40-34(27-14-8-3-9-15-27)39-36-23-24-16-19-29(20-17-24)42-35(41)28-18-21-30-31(22-28)38-33(26-12-6-2-7-13-26)32(37-30)25-10-4-1-5-11-25/h1-23H,(H,39,40)/b36-23-. The van der Waals surface area contributed by atoms with Gasteiger partial charge in [-0.15, -0.1) is 0 Å². The molecule has 0 fully saturated rings. The van der Waals surface area contributed by atoms with E-state index < -0.39 is 5.97 Å². The van der Waals surface area contributed by atoms with E-state index >= 15 is 0 Å². The lowest BCUT2D eigenvalue weighted by Crippen LogP contribution is -2.17. The zero-order valence-electron chi connectivity index (χ0n) is 22.3. The summed E-state index contributed by atoms with van der Waals surface area (Å²) in [6.07, 6.45) is 1.52. The normalized spacial score (nSPS) is 11.0. The molecule has 0 saturated carbocycles. The summed E-state index contributed by atoms with van der Waals surface area (Å²) in [5, 5.41) is 3.99. The molecule has 6 aromatic rings. The maximum absolute atomic E-state index is 13.0. The largest absolute Gasteiger partial charge is 0.423 e. The Morgan fingerprint density at radius 1 is 0.619 bits per heavy atom. The first-order valence-corrected chi connectivity index (χ1v) is 13.3. The zero-order chi connectivity index (χ0) is 28.7. The predicted molar refractivity (Wildman–Crippen MR) is 163 cm³/mol. The molecule has 5 aromatic carbocycles. The molecule has 1 N–H and O–H groups in total. The van der Waals surface area contributed by atoms with Crippen molar-refractivity contribution in [1.82, 2.24) is 15.4 Å². The van der Waals surface area contributed by atoms with Crippen LogP contribution in [0.25, 0.3) is 33.5 Å². The molecule has 7 heteroatoms. The van der Waals surface area contributed by atoms with Crippen LogP contribution in [-0.2, 0) is 0 Å². The second kappa shape index (κ2) is 12.1. The monoisotopic (exact) mass is 548 g/mol. The molecule has 0 unspecified atom stereocenters. The van der Waals surface area contributed by atoms with Gasteiger partial charge in [0.1, 0.15) is 5.75 Å². The van der Waals surface area contributed by atoms with E-state index in [1.807, 2.05) is 66.7 Å². The van der Waals surface area contributed by atoms with Crippen LogP contribution >= 0.6 is 0 Å². The second-order valence-corrected chi connectivity index (χ2v) is 9.38. The van der Waals surface area contributed by atoms with E-state index in [9.17, 15) is 9.59 Å². The summed E-state index contributed by atoms with van der Waals surface area (Å²) in [6, 6.07) is 40.6. The topological polar surface area (TPSA) is 93.5 Å². The van der Waals surface area contributed by atoms with Gasteiger partial charge in [-0.3, -0.25) is 4.79 Å². The van der Waals surface area contributed by atoms with E-state index in [0.717, 1.165) is 28.1 Å². The van der Waals surface area contributed by atoms with Crippen LogP contribution in [0.3, 0.4) is 0 Å². The molecule has 202 valence electrons. The zero-order valence-corrected chi connectivity index (χ0v) is 22.3. The van der Waals surface area contributed by atoms with Gasteiger partial charge in [0.15, 0.2) is 0 Å². The first-order chi connectivity index (χ1) is 20.6. The summed E-state index contributed by atoms with van der Waals surface area (Å²) in [6.45, 7) is 0. The molecule has 0 radical (unpaired) electrons. The van der Waals surface area contributed by atoms with Crippen LogP contribution in [0.1, 0.15) is 26.3 Å². The fourth-order valence-electron chi connectivity index (χ4n) is 4.38. The number of ether oxygens (including phenoxy) is 1. The number of fused-ring (bicyclic) bond motifs is 1. The Morgan fingerprint density at radius 3 is 1.81 bits per heavy atom. The molecule has 0 aliphatic heterocycles. The first-order valence-electron chi connectivity index (χ1n) is 13.3. The minimum absolute atomic E-state index is 0.301. The Kier molecular flexibility index (Phi) is 7.55. The molecule has 42 heavy (non-hydrogen) atoms. The molecule has 0 saturated heterocycles. The van der Waals surface area contributed by atoms with Gasteiger partial charge in [-0.2, -0.15) is 5.10 Å². The molecular weight excluding hydrogens is 524 g/mol. The van der Waals surface area contributed by atoms with E-state index in [4.69, 9.17) is 14.7 Å². The van der Waals surface area contributed by atoms with E-state index in [-0.39, 0.29) is 5.91 Å². The predicted octanol–water partition coefficient (Wildman–Crippen LogP) is 6.95. The third-order valence-electron chi connectivity index (χ3n) is 6.50. The lowest BCUT2D eigenvalue weighted by molar-refractivity contribution is 0.0734. The molecule has 1 heterocycles. The fourth-order valence-corrected chi connectivity index (χ4v) is 4.38. The van der Waals surface area contributed by atoms with E-state index in [1.54, 1.807) is 66.7 Å². The Bertz CT molecular complexity index is 1890. The number of esters is 1. The number of nitrogens with zero attached hydrogens (tertiary/aromatic N) is 3. The number of rotatable bonds is 7. The number of hydrogen-bond donors (Lipinski definition) is 1. The lowest BCUT2D eigenvalue weighted by atomic mass is 10.0. The Hall–Kier alpha value is -5.95. The van der Waals surface area contributed by atoms with Crippen molar-refractivity contribution < 1.29 is 14.3 Å². The molecular formula is C35H24N4O3. The number of carbonyl (C=O) groups excluding carboxylic acids is 2. The smallest absolute Gasteiger partial charge is 0.343 e. The fraction of sp³-hybridized carbons (Fsp3) is 0. The summed E-state index contributed by atoms with van der Waals surface area (Å²) in [5.41, 5.74) is 8.76. The number of amides is 1. The van der Waals surface area contributed by atoms with Crippen molar-refractivity contribution in [3.63, 3.8) is 0 Å². The number of benzene rings is 5. The lowest BCUT2D eigenvalue weighted by Gasteiger charge is -2.11. The van der Waals surface area contributed by atoms with Crippen molar-refractivity contribution in [2.75, 3.05) is 0 Å². The van der Waals surface area contributed by atoms with Crippen molar-refractivity contribution >= 4 is 29.1 Å². The van der Waals surface area contributed by atoms with Crippen LogP contribution in [0, 0.1) is 0 Å². The maximum Gasteiger partial charge on any atom is 0.343 e. The molecule has 0 aliphatic rings. The highest BCUT2D eigenvalue weighted by Gasteiger charge is 2.16. The van der Waals surface area contributed by atoms with Crippen molar-refractivity contribution in [3.8, 4) is 28.3 Å². The number of hydrogen-bond acceptors (Lipinski definition) is 6. The summed E-state index contributed by atoms with van der Waals surface area (Å²) in [5.74, 6) is -0.436. The highest BCUT2D eigenvalue weighted by atomic mass is 16.5. The SMILES string of the molecule is O=C(N/N=C\c1ccc(OC(=O)c2ccc3nc(-c4ccccc4)c(-c4ccccc4)nc3c2)cc1)c1ccccc1. The molecule has 0 aliphatic carbocycles. The van der Waals surface area contributed by atoms with E-state index in [0.29, 0.717) is 27.9 Å². The summed E-state index contributed by atoms with van der Waals surface area (Å²) >= 11 is 0. The quantitative estimate of drug-likeness (QED) is 0.101. The van der Waals surface area contributed by atoms with Crippen molar-refractivity contribution in [3.05, 3.63) is 150 Å². The average Bonchev–Trinajstić information content (AvgIpc) is 3.06. The van der Waals surface area contributed by atoms with Crippen molar-refractivity contribution in [1.29, 1.82) is 0 Å². The maximum atomic E-state index is 13.0. The molecule has 1 amide bonds. The van der Waals surface area contributed by atoms with Gasteiger partial charge in [-0.25, -0.2) is 20.2 Å². The van der Waals surface area contributed by atoms with Gasteiger partial charge in [-0.1, -0.05) is 78.9 Å². The highest BCUT2D eigenvalue weighted by Crippen LogP contribution is 2.31. The number of hydrazone groups is 1. The van der Waals surface area contributed by atoms with Gasteiger partial charge in [0, 0.05) is 16.7 Å². The number of aromatic nitrogens is 2. The minimum atomic E-state index is -0.511. The minimum Gasteiger partial charge on any atom is -0.423 e. The van der Waals surface area contributed by atoms with Gasteiger partial charge >= 0.3 is 5.97 Å². The van der Waals surface area contributed by atoms with Crippen molar-refractivity contribution in [2.24, 2.45) is 5.10 Å².